The van der Waals surface area contributed by atoms with Crippen molar-refractivity contribution >= 4 is 23.3 Å². The molecule has 3 heteroatoms. The van der Waals surface area contributed by atoms with Gasteiger partial charge in [-0.1, -0.05) is 18.2 Å². The van der Waals surface area contributed by atoms with Crippen LogP contribution < -0.4 is 5.73 Å². The van der Waals surface area contributed by atoms with E-state index in [1.54, 1.807) is 6.20 Å². The summed E-state index contributed by atoms with van der Waals surface area (Å²) in [5, 5.41) is 0.948. The molecule has 0 bridgehead atoms. The zero-order valence-corrected chi connectivity index (χ0v) is 8.23. The van der Waals surface area contributed by atoms with E-state index in [1.165, 1.54) is 0 Å². The quantitative estimate of drug-likeness (QED) is 0.744. The normalized spacial score (nSPS) is 11.3. The molecule has 0 fully saturated rings. The van der Waals surface area contributed by atoms with Gasteiger partial charge in [-0.15, -0.1) is 0 Å². The van der Waals surface area contributed by atoms with Crippen LogP contribution in [0.15, 0.2) is 30.5 Å². The summed E-state index contributed by atoms with van der Waals surface area (Å²) in [5.74, 6) is 0. The lowest BCUT2D eigenvalue weighted by Gasteiger charge is -1.95. The van der Waals surface area contributed by atoms with E-state index < -0.39 is 0 Å². The summed E-state index contributed by atoms with van der Waals surface area (Å²) in [6.07, 6.45) is 6.40. The van der Waals surface area contributed by atoms with Gasteiger partial charge in [0.1, 0.15) is 0 Å². The molecule has 1 aromatic carbocycles. The number of aromatic nitrogens is 1. The number of aldehydes is 1. The average Bonchev–Trinajstić information content (AvgIpc) is 2.68. The summed E-state index contributed by atoms with van der Waals surface area (Å²) in [6.45, 7) is 0.520. The van der Waals surface area contributed by atoms with Gasteiger partial charge >= 0.3 is 0 Å². The minimum atomic E-state index is 0.520. The molecule has 0 atom stereocenters. The van der Waals surface area contributed by atoms with Crippen molar-refractivity contribution in [1.82, 2.24) is 4.98 Å². The van der Waals surface area contributed by atoms with Gasteiger partial charge in [-0.2, -0.15) is 0 Å². The lowest BCUT2D eigenvalue weighted by atomic mass is 10.1. The zero-order chi connectivity index (χ0) is 10.7. The van der Waals surface area contributed by atoms with Crippen LogP contribution in [0.3, 0.4) is 0 Å². The van der Waals surface area contributed by atoms with Gasteiger partial charge in [-0.25, -0.2) is 0 Å². The van der Waals surface area contributed by atoms with Crippen LogP contribution in [0.5, 0.6) is 0 Å². The second kappa shape index (κ2) is 4.11. The summed E-state index contributed by atoms with van der Waals surface area (Å²) in [5.41, 5.74) is 8.09. The molecular weight excluding hydrogens is 188 g/mol. The van der Waals surface area contributed by atoms with Crippen LogP contribution in [0.2, 0.25) is 0 Å². The van der Waals surface area contributed by atoms with Crippen LogP contribution in [0, 0.1) is 0 Å². The van der Waals surface area contributed by atoms with E-state index in [-0.39, 0.29) is 0 Å². The van der Waals surface area contributed by atoms with Crippen molar-refractivity contribution in [3.63, 3.8) is 0 Å². The monoisotopic (exact) mass is 200 g/mol. The standard InChI is InChI=1S/C12H12N2O/c13-5-1-2-9-3-4-12-11(6-9)10(8-15)7-14-12/h1-4,6-8,14H,5,13H2. The fourth-order valence-electron chi connectivity index (χ4n) is 1.57. The molecule has 1 aromatic heterocycles. The number of hydrogen-bond acceptors (Lipinski definition) is 2. The number of nitrogens with one attached hydrogen (secondary N) is 1. The highest BCUT2D eigenvalue weighted by atomic mass is 16.1. The second-order valence-electron chi connectivity index (χ2n) is 3.30. The number of benzene rings is 1. The van der Waals surface area contributed by atoms with E-state index in [9.17, 15) is 4.79 Å². The van der Waals surface area contributed by atoms with E-state index in [4.69, 9.17) is 5.73 Å². The van der Waals surface area contributed by atoms with E-state index >= 15 is 0 Å². The topological polar surface area (TPSA) is 58.9 Å². The Morgan fingerprint density at radius 3 is 3.00 bits per heavy atom. The number of H-pyrrole nitrogens is 1. The molecule has 0 amide bonds. The van der Waals surface area contributed by atoms with Crippen molar-refractivity contribution in [3.05, 3.63) is 41.6 Å². The molecule has 2 aromatic rings. The molecule has 0 unspecified atom stereocenters. The summed E-state index contributed by atoms with van der Waals surface area (Å²) < 4.78 is 0. The van der Waals surface area contributed by atoms with Gasteiger partial charge in [-0.05, 0) is 17.7 Å². The number of fused-ring (bicyclic) bond motifs is 1. The highest BCUT2D eigenvalue weighted by Gasteiger charge is 2.01. The van der Waals surface area contributed by atoms with Gasteiger partial charge in [0.05, 0.1) is 0 Å². The highest BCUT2D eigenvalue weighted by Crippen LogP contribution is 2.19. The largest absolute Gasteiger partial charge is 0.360 e. The van der Waals surface area contributed by atoms with Crippen molar-refractivity contribution < 1.29 is 4.79 Å². The number of nitrogens with two attached hydrogens (primary N) is 1. The van der Waals surface area contributed by atoms with Crippen LogP contribution in [-0.2, 0) is 0 Å². The van der Waals surface area contributed by atoms with Gasteiger partial charge in [0.2, 0.25) is 0 Å². The second-order valence-corrected chi connectivity index (χ2v) is 3.30. The zero-order valence-electron chi connectivity index (χ0n) is 8.23. The molecule has 0 saturated carbocycles. The van der Waals surface area contributed by atoms with Crippen molar-refractivity contribution in [2.45, 2.75) is 0 Å². The van der Waals surface area contributed by atoms with Crippen LogP contribution >= 0.6 is 0 Å². The smallest absolute Gasteiger partial charge is 0.152 e. The molecule has 3 nitrogen and oxygen atoms in total. The summed E-state index contributed by atoms with van der Waals surface area (Å²) in [4.78, 5) is 13.8. The first-order chi connectivity index (χ1) is 7.35. The third-order valence-corrected chi connectivity index (χ3v) is 2.31. The maximum atomic E-state index is 10.7. The molecule has 2 rings (SSSR count). The summed E-state index contributed by atoms with van der Waals surface area (Å²) in [6, 6.07) is 5.92. The van der Waals surface area contributed by atoms with E-state index in [1.807, 2.05) is 30.4 Å². The Morgan fingerprint density at radius 1 is 1.40 bits per heavy atom. The molecule has 0 aliphatic rings. The highest BCUT2D eigenvalue weighted by molar-refractivity contribution is 5.98. The third-order valence-electron chi connectivity index (χ3n) is 2.31. The van der Waals surface area contributed by atoms with Gasteiger partial charge in [-0.3, -0.25) is 4.79 Å². The Labute approximate surface area is 87.6 Å². The molecule has 1 heterocycles. The van der Waals surface area contributed by atoms with Gasteiger partial charge in [0, 0.05) is 29.2 Å². The van der Waals surface area contributed by atoms with E-state index in [2.05, 4.69) is 4.98 Å². The molecular formula is C12H12N2O. The van der Waals surface area contributed by atoms with Gasteiger partial charge in [0.25, 0.3) is 0 Å². The molecule has 0 spiro atoms. The number of carbonyl (C=O) groups is 1. The Morgan fingerprint density at radius 2 is 2.27 bits per heavy atom. The predicted octanol–water partition coefficient (Wildman–Crippen LogP) is 1.95. The maximum Gasteiger partial charge on any atom is 0.152 e. The molecule has 3 N–H and O–H groups in total. The van der Waals surface area contributed by atoms with Crippen molar-refractivity contribution in [2.24, 2.45) is 5.73 Å². The number of carbonyl (C=O) groups excluding carboxylic acids is 1. The predicted molar refractivity (Wildman–Crippen MR) is 61.8 cm³/mol. The first-order valence-electron chi connectivity index (χ1n) is 4.78. The van der Waals surface area contributed by atoms with E-state index in [0.717, 1.165) is 22.8 Å². The van der Waals surface area contributed by atoms with Crippen molar-refractivity contribution in [3.8, 4) is 0 Å². The molecule has 0 aliphatic heterocycles. The Kier molecular flexibility index (Phi) is 2.65. The average molecular weight is 200 g/mol. The lowest BCUT2D eigenvalue weighted by molar-refractivity contribution is 0.112. The van der Waals surface area contributed by atoms with Crippen LogP contribution in [-0.4, -0.2) is 17.8 Å². The molecule has 0 saturated heterocycles. The first kappa shape index (κ1) is 9.68. The maximum absolute atomic E-state index is 10.7. The number of aromatic amines is 1. The number of hydrogen-bond donors (Lipinski definition) is 2. The van der Waals surface area contributed by atoms with Crippen molar-refractivity contribution in [2.75, 3.05) is 6.54 Å². The third kappa shape index (κ3) is 1.82. The first-order valence-corrected chi connectivity index (χ1v) is 4.78. The fourth-order valence-corrected chi connectivity index (χ4v) is 1.57. The Bertz CT molecular complexity index is 511. The van der Waals surface area contributed by atoms with Gasteiger partial charge < -0.3 is 10.7 Å². The molecule has 15 heavy (non-hydrogen) atoms. The molecule has 0 radical (unpaired) electrons. The van der Waals surface area contributed by atoms with Crippen molar-refractivity contribution in [1.29, 1.82) is 0 Å². The van der Waals surface area contributed by atoms with Crippen LogP contribution in [0.1, 0.15) is 15.9 Å². The minimum absolute atomic E-state index is 0.520. The summed E-state index contributed by atoms with van der Waals surface area (Å²) in [7, 11) is 0. The van der Waals surface area contributed by atoms with Crippen LogP contribution in [0.25, 0.3) is 17.0 Å². The fraction of sp³-hybridized carbons (Fsp3) is 0.0833. The SMILES string of the molecule is NCC=Cc1ccc2[nH]cc(C=O)c2c1. The summed E-state index contributed by atoms with van der Waals surface area (Å²) >= 11 is 0. The lowest BCUT2D eigenvalue weighted by Crippen LogP contribution is -1.91. The van der Waals surface area contributed by atoms with Crippen LogP contribution in [0.4, 0.5) is 0 Å². The minimum Gasteiger partial charge on any atom is -0.360 e. The molecule has 76 valence electrons. The Balaban J connectivity index is 2.52. The van der Waals surface area contributed by atoms with Gasteiger partial charge in [0.15, 0.2) is 6.29 Å². The Hall–Kier alpha value is -1.87. The number of rotatable bonds is 3. The van der Waals surface area contributed by atoms with E-state index in [0.29, 0.717) is 12.1 Å². The molecule has 0 aliphatic carbocycles.